The number of ether oxygens (including phenoxy) is 4. The maximum atomic E-state index is 11.4. The summed E-state index contributed by atoms with van der Waals surface area (Å²) in [6.07, 6.45) is -6.21. The van der Waals surface area contributed by atoms with Gasteiger partial charge in [0.1, 0.15) is 0 Å². The Bertz CT molecular complexity index is 391. The lowest BCUT2D eigenvalue weighted by Crippen LogP contribution is -2.57. The van der Waals surface area contributed by atoms with Crippen LogP contribution in [0, 0.1) is 0 Å². The number of hydrogen-bond acceptors (Lipinski definition) is 8. The van der Waals surface area contributed by atoms with Crippen LogP contribution in [0.5, 0.6) is 0 Å². The van der Waals surface area contributed by atoms with Gasteiger partial charge in [0.25, 0.3) is 0 Å². The summed E-state index contributed by atoms with van der Waals surface area (Å²) in [5, 5.41) is 9.83. The molecule has 0 saturated carbocycles. The highest BCUT2D eigenvalue weighted by Gasteiger charge is 2.58. The first-order valence-corrected chi connectivity index (χ1v) is 5.28. The Hall–Kier alpha value is -1.67. The molecule has 0 amide bonds. The van der Waals surface area contributed by atoms with Crippen molar-refractivity contribution in [3.63, 3.8) is 0 Å². The SMILES string of the molecule is CC(=O)O[C@@H]1[C@@H](O)[C@H]2OC(=O)[C@@H](O2)[C@@H]1OC(C)=O. The van der Waals surface area contributed by atoms with Gasteiger partial charge in [0.15, 0.2) is 24.4 Å². The summed E-state index contributed by atoms with van der Waals surface area (Å²) >= 11 is 0. The summed E-state index contributed by atoms with van der Waals surface area (Å²) in [5.41, 5.74) is 0. The smallest absolute Gasteiger partial charge is 0.341 e. The molecule has 2 bridgehead atoms. The quantitative estimate of drug-likeness (QED) is 0.471. The van der Waals surface area contributed by atoms with E-state index in [0.29, 0.717) is 0 Å². The van der Waals surface area contributed by atoms with E-state index in [4.69, 9.17) is 18.9 Å². The van der Waals surface area contributed by atoms with Gasteiger partial charge >= 0.3 is 17.9 Å². The molecule has 0 aliphatic carbocycles. The Labute approximate surface area is 102 Å². The summed E-state index contributed by atoms with van der Waals surface area (Å²) in [5.74, 6) is -2.13. The molecule has 2 aliphatic rings. The lowest BCUT2D eigenvalue weighted by atomic mass is 10.0. The maximum Gasteiger partial charge on any atom is 0.341 e. The Morgan fingerprint density at radius 1 is 1.17 bits per heavy atom. The maximum absolute atomic E-state index is 11.4. The zero-order valence-electron chi connectivity index (χ0n) is 9.69. The van der Waals surface area contributed by atoms with E-state index in [2.05, 4.69) is 0 Å². The lowest BCUT2D eigenvalue weighted by molar-refractivity contribution is -0.243. The largest absolute Gasteiger partial charge is 0.455 e. The van der Waals surface area contributed by atoms with Gasteiger partial charge in [-0.05, 0) is 0 Å². The highest BCUT2D eigenvalue weighted by Crippen LogP contribution is 2.32. The van der Waals surface area contributed by atoms with Crippen LogP contribution in [0.25, 0.3) is 0 Å². The predicted molar refractivity (Wildman–Crippen MR) is 51.9 cm³/mol. The third-order valence-corrected chi connectivity index (χ3v) is 2.59. The van der Waals surface area contributed by atoms with Crippen LogP contribution in [-0.4, -0.2) is 53.7 Å². The average Bonchev–Trinajstić information content (AvgIpc) is 2.59. The highest BCUT2D eigenvalue weighted by molar-refractivity contribution is 5.79. The standard InChI is InChI=1S/C10H12O8/c1-3(11)15-6-5(13)10-17-8(9(14)18-10)7(6)16-4(2)12/h5-8,10,13H,1-2H3/t5-,6-,7-,8+,10-/m1/s1. The second-order valence-electron chi connectivity index (χ2n) is 4.00. The average molecular weight is 260 g/mol. The second-order valence-corrected chi connectivity index (χ2v) is 4.00. The van der Waals surface area contributed by atoms with Gasteiger partial charge in [0.05, 0.1) is 0 Å². The Morgan fingerprint density at radius 3 is 2.28 bits per heavy atom. The molecule has 2 aliphatic heterocycles. The lowest BCUT2D eigenvalue weighted by Gasteiger charge is -2.35. The molecule has 1 N–H and O–H groups in total. The Balaban J connectivity index is 2.25. The van der Waals surface area contributed by atoms with Crippen molar-refractivity contribution in [2.45, 2.75) is 44.6 Å². The predicted octanol–water partition coefficient (Wildman–Crippen LogP) is -1.51. The van der Waals surface area contributed by atoms with Gasteiger partial charge in [-0.2, -0.15) is 0 Å². The fourth-order valence-corrected chi connectivity index (χ4v) is 1.94. The second kappa shape index (κ2) is 4.54. The number of aliphatic hydroxyl groups is 1. The minimum Gasteiger partial charge on any atom is -0.455 e. The van der Waals surface area contributed by atoms with Crippen molar-refractivity contribution in [3.05, 3.63) is 0 Å². The molecule has 2 saturated heterocycles. The number of fused-ring (bicyclic) bond motifs is 2. The van der Waals surface area contributed by atoms with Crippen LogP contribution >= 0.6 is 0 Å². The van der Waals surface area contributed by atoms with E-state index in [1.54, 1.807) is 0 Å². The molecule has 2 fully saturated rings. The molecule has 100 valence electrons. The first-order chi connectivity index (χ1) is 8.40. The van der Waals surface area contributed by atoms with Crippen molar-refractivity contribution in [1.82, 2.24) is 0 Å². The van der Waals surface area contributed by atoms with E-state index in [9.17, 15) is 19.5 Å². The molecule has 8 nitrogen and oxygen atoms in total. The van der Waals surface area contributed by atoms with E-state index in [-0.39, 0.29) is 0 Å². The third-order valence-electron chi connectivity index (χ3n) is 2.59. The normalized spacial score (nSPS) is 37.9. The Morgan fingerprint density at radius 2 is 1.72 bits per heavy atom. The molecule has 2 heterocycles. The van der Waals surface area contributed by atoms with E-state index in [0.717, 1.165) is 13.8 Å². The van der Waals surface area contributed by atoms with Crippen LogP contribution in [0.3, 0.4) is 0 Å². The third kappa shape index (κ3) is 2.16. The van der Waals surface area contributed by atoms with Crippen LogP contribution in [-0.2, 0) is 33.3 Å². The van der Waals surface area contributed by atoms with E-state index in [1.165, 1.54) is 0 Å². The van der Waals surface area contributed by atoms with Crippen LogP contribution in [0.1, 0.15) is 13.8 Å². The number of hydrogen-bond donors (Lipinski definition) is 1. The number of carbonyl (C=O) groups is 3. The van der Waals surface area contributed by atoms with Crippen molar-refractivity contribution in [1.29, 1.82) is 0 Å². The Kier molecular flexibility index (Phi) is 3.22. The van der Waals surface area contributed by atoms with Crippen LogP contribution < -0.4 is 0 Å². The van der Waals surface area contributed by atoms with Gasteiger partial charge in [0, 0.05) is 13.8 Å². The summed E-state index contributed by atoms with van der Waals surface area (Å²) < 4.78 is 19.5. The zero-order chi connectivity index (χ0) is 13.4. The van der Waals surface area contributed by atoms with Gasteiger partial charge in [-0.15, -0.1) is 0 Å². The number of esters is 3. The molecule has 0 aromatic heterocycles. The van der Waals surface area contributed by atoms with Crippen LogP contribution in [0.15, 0.2) is 0 Å². The zero-order valence-corrected chi connectivity index (χ0v) is 9.69. The molecule has 0 aromatic rings. The monoisotopic (exact) mass is 260 g/mol. The van der Waals surface area contributed by atoms with Crippen molar-refractivity contribution >= 4 is 17.9 Å². The van der Waals surface area contributed by atoms with Gasteiger partial charge in [-0.25, -0.2) is 4.79 Å². The summed E-state index contributed by atoms with van der Waals surface area (Å²) in [4.78, 5) is 33.4. The minimum atomic E-state index is -1.40. The molecule has 0 radical (unpaired) electrons. The fourth-order valence-electron chi connectivity index (χ4n) is 1.94. The van der Waals surface area contributed by atoms with Gasteiger partial charge < -0.3 is 24.1 Å². The van der Waals surface area contributed by atoms with Gasteiger partial charge in [-0.1, -0.05) is 0 Å². The topological polar surface area (TPSA) is 108 Å². The van der Waals surface area contributed by atoms with Gasteiger partial charge in [-0.3, -0.25) is 9.59 Å². The number of carbonyl (C=O) groups excluding carboxylic acids is 3. The van der Waals surface area contributed by atoms with Crippen LogP contribution in [0.2, 0.25) is 0 Å². The van der Waals surface area contributed by atoms with Crippen molar-refractivity contribution < 1.29 is 38.4 Å². The number of aliphatic hydroxyl groups excluding tert-OH is 1. The van der Waals surface area contributed by atoms with Crippen molar-refractivity contribution in [2.24, 2.45) is 0 Å². The van der Waals surface area contributed by atoms with E-state index < -0.39 is 48.6 Å². The molecule has 0 aromatic carbocycles. The van der Waals surface area contributed by atoms with Crippen molar-refractivity contribution in [3.8, 4) is 0 Å². The molecular weight excluding hydrogens is 248 g/mol. The summed E-state index contributed by atoms with van der Waals surface area (Å²) in [7, 11) is 0. The van der Waals surface area contributed by atoms with E-state index >= 15 is 0 Å². The molecule has 18 heavy (non-hydrogen) atoms. The number of rotatable bonds is 2. The first-order valence-electron chi connectivity index (χ1n) is 5.28. The van der Waals surface area contributed by atoms with Crippen LogP contribution in [0.4, 0.5) is 0 Å². The summed E-state index contributed by atoms with van der Waals surface area (Å²) in [6, 6.07) is 0. The summed E-state index contributed by atoms with van der Waals surface area (Å²) in [6.45, 7) is 2.27. The van der Waals surface area contributed by atoms with Crippen molar-refractivity contribution in [2.75, 3.05) is 0 Å². The van der Waals surface area contributed by atoms with E-state index in [1.807, 2.05) is 0 Å². The molecule has 0 unspecified atom stereocenters. The molecule has 5 atom stereocenters. The molecular formula is C10H12O8. The minimum absolute atomic E-state index is 0.676. The van der Waals surface area contributed by atoms with Gasteiger partial charge in [0.2, 0.25) is 6.29 Å². The molecule has 0 spiro atoms. The first kappa shape index (κ1) is 12.8. The molecule has 2 rings (SSSR count). The molecule has 8 heteroatoms. The highest BCUT2D eigenvalue weighted by atomic mass is 16.8. The fraction of sp³-hybridized carbons (Fsp3) is 0.700.